The number of carbonyl (C=O) groups is 1. The molecule has 1 saturated heterocycles. The summed E-state index contributed by atoms with van der Waals surface area (Å²) in [5, 5.41) is 2.93. The molecule has 0 unspecified atom stereocenters. The van der Waals surface area contributed by atoms with Crippen LogP contribution in [0, 0.1) is 3.57 Å². The maximum absolute atomic E-state index is 12.0. The molecule has 0 aromatic heterocycles. The van der Waals surface area contributed by atoms with Crippen molar-refractivity contribution in [3.63, 3.8) is 0 Å². The maximum atomic E-state index is 12.0. The van der Waals surface area contributed by atoms with Crippen molar-refractivity contribution in [3.05, 3.63) is 63.2 Å². The van der Waals surface area contributed by atoms with Crippen LogP contribution in [0.1, 0.15) is 30.4 Å². The van der Waals surface area contributed by atoms with Gasteiger partial charge in [0.15, 0.2) is 6.61 Å². The fraction of sp³-hybridized carbons (Fsp3) is 0.381. The number of amides is 1. The first-order chi connectivity index (χ1) is 12.7. The first-order valence-electron chi connectivity index (χ1n) is 9.14. The summed E-state index contributed by atoms with van der Waals surface area (Å²) in [6.45, 7) is 3.95. The molecular formula is C21H25IN2O2. The molecule has 3 rings (SSSR count). The molecule has 1 heterocycles. The average molecular weight is 464 g/mol. The second-order valence-corrected chi connectivity index (χ2v) is 7.92. The summed E-state index contributed by atoms with van der Waals surface area (Å²) >= 11 is 2.24. The Labute approximate surface area is 169 Å². The smallest absolute Gasteiger partial charge is 0.258 e. The van der Waals surface area contributed by atoms with Crippen LogP contribution in [0.4, 0.5) is 0 Å². The molecule has 26 heavy (non-hydrogen) atoms. The molecule has 1 aliphatic heterocycles. The zero-order chi connectivity index (χ0) is 18.2. The van der Waals surface area contributed by atoms with Gasteiger partial charge in [0.25, 0.3) is 5.91 Å². The molecular weight excluding hydrogens is 439 g/mol. The highest BCUT2D eigenvalue weighted by molar-refractivity contribution is 14.1. The third-order valence-corrected chi connectivity index (χ3v) is 5.24. The number of benzene rings is 2. The molecule has 5 heteroatoms. The van der Waals surface area contributed by atoms with E-state index in [-0.39, 0.29) is 12.5 Å². The second kappa shape index (κ2) is 9.92. The number of likely N-dealkylation sites (tertiary alicyclic amines) is 1. The van der Waals surface area contributed by atoms with E-state index >= 15 is 0 Å². The second-order valence-electron chi connectivity index (χ2n) is 6.68. The van der Waals surface area contributed by atoms with Crippen molar-refractivity contribution in [2.24, 2.45) is 0 Å². The first kappa shape index (κ1) is 19.2. The van der Waals surface area contributed by atoms with Crippen molar-refractivity contribution in [2.45, 2.75) is 32.4 Å². The number of nitrogens with zero attached hydrogens (tertiary/aromatic N) is 1. The molecule has 0 spiro atoms. The minimum Gasteiger partial charge on any atom is -0.484 e. The van der Waals surface area contributed by atoms with Crippen molar-refractivity contribution in [3.8, 4) is 5.75 Å². The zero-order valence-electron chi connectivity index (χ0n) is 14.9. The van der Waals surface area contributed by atoms with Crippen LogP contribution >= 0.6 is 22.6 Å². The van der Waals surface area contributed by atoms with Gasteiger partial charge in [0.1, 0.15) is 5.75 Å². The first-order valence-corrected chi connectivity index (χ1v) is 10.2. The molecule has 0 radical (unpaired) electrons. The molecule has 1 N–H and O–H groups in total. The topological polar surface area (TPSA) is 41.6 Å². The number of halogens is 1. The highest BCUT2D eigenvalue weighted by Gasteiger charge is 2.10. The fourth-order valence-corrected chi connectivity index (χ4v) is 3.50. The van der Waals surface area contributed by atoms with Crippen molar-refractivity contribution in [1.82, 2.24) is 10.2 Å². The van der Waals surface area contributed by atoms with Crippen LogP contribution in [0.3, 0.4) is 0 Å². The summed E-state index contributed by atoms with van der Waals surface area (Å²) < 4.78 is 6.66. The number of hydrogen-bond donors (Lipinski definition) is 1. The van der Waals surface area contributed by atoms with Gasteiger partial charge in [-0.1, -0.05) is 30.7 Å². The zero-order valence-corrected chi connectivity index (χ0v) is 17.1. The minimum absolute atomic E-state index is 0.0358. The highest BCUT2D eigenvalue weighted by atomic mass is 127. The molecule has 138 valence electrons. The Kier molecular flexibility index (Phi) is 7.32. The lowest BCUT2D eigenvalue weighted by atomic mass is 10.1. The van der Waals surface area contributed by atoms with Crippen molar-refractivity contribution in [2.75, 3.05) is 19.7 Å². The van der Waals surface area contributed by atoms with Gasteiger partial charge in [-0.25, -0.2) is 0 Å². The molecule has 2 aromatic rings. The monoisotopic (exact) mass is 464 g/mol. The van der Waals surface area contributed by atoms with E-state index in [1.165, 1.54) is 37.9 Å². The summed E-state index contributed by atoms with van der Waals surface area (Å²) in [6, 6.07) is 16.2. The summed E-state index contributed by atoms with van der Waals surface area (Å²) in [7, 11) is 0. The van der Waals surface area contributed by atoms with Gasteiger partial charge in [-0.3, -0.25) is 9.69 Å². The molecule has 1 fully saturated rings. The molecule has 0 atom stereocenters. The van der Waals surface area contributed by atoms with Gasteiger partial charge >= 0.3 is 0 Å². The lowest BCUT2D eigenvalue weighted by Crippen LogP contribution is -2.29. The Bertz CT molecular complexity index is 712. The van der Waals surface area contributed by atoms with Crippen molar-refractivity contribution >= 4 is 28.5 Å². The van der Waals surface area contributed by atoms with Gasteiger partial charge in [0, 0.05) is 16.7 Å². The molecule has 0 bridgehead atoms. The predicted octanol–water partition coefficient (Wildman–Crippen LogP) is 3.97. The van der Waals surface area contributed by atoms with E-state index in [0.29, 0.717) is 12.3 Å². The summed E-state index contributed by atoms with van der Waals surface area (Å²) in [4.78, 5) is 14.5. The molecule has 1 amide bonds. The number of hydrogen-bond acceptors (Lipinski definition) is 3. The Balaban J connectivity index is 1.44. The van der Waals surface area contributed by atoms with E-state index in [0.717, 1.165) is 15.7 Å². The Morgan fingerprint density at radius 2 is 1.77 bits per heavy atom. The Hall–Kier alpha value is -1.60. The molecule has 0 saturated carbocycles. The lowest BCUT2D eigenvalue weighted by molar-refractivity contribution is -0.123. The van der Waals surface area contributed by atoms with E-state index in [4.69, 9.17) is 4.74 Å². The van der Waals surface area contributed by atoms with Gasteiger partial charge in [-0.15, -0.1) is 0 Å². The van der Waals surface area contributed by atoms with Crippen LogP contribution in [-0.2, 0) is 17.9 Å². The van der Waals surface area contributed by atoms with Gasteiger partial charge < -0.3 is 10.1 Å². The van der Waals surface area contributed by atoms with Gasteiger partial charge in [0.2, 0.25) is 0 Å². The maximum Gasteiger partial charge on any atom is 0.258 e. The number of ether oxygens (including phenoxy) is 1. The van der Waals surface area contributed by atoms with Crippen molar-refractivity contribution in [1.29, 1.82) is 0 Å². The Morgan fingerprint density at radius 3 is 2.54 bits per heavy atom. The lowest BCUT2D eigenvalue weighted by Gasteiger charge is -2.26. The highest BCUT2D eigenvalue weighted by Crippen LogP contribution is 2.15. The van der Waals surface area contributed by atoms with E-state index in [2.05, 4.69) is 57.1 Å². The molecule has 1 aliphatic rings. The largest absolute Gasteiger partial charge is 0.484 e. The van der Waals surface area contributed by atoms with E-state index in [1.807, 2.05) is 24.3 Å². The Morgan fingerprint density at radius 1 is 1.04 bits per heavy atom. The molecule has 2 aromatic carbocycles. The van der Waals surface area contributed by atoms with Crippen LogP contribution in [0.25, 0.3) is 0 Å². The van der Waals surface area contributed by atoms with Gasteiger partial charge in [0.05, 0.1) is 0 Å². The SMILES string of the molecule is O=C(COc1ccc(I)cc1)NCc1cccc(CN2CCCCC2)c1. The number of nitrogens with one attached hydrogen (secondary N) is 1. The standard InChI is InChI=1S/C21H25IN2O2/c22-19-7-9-20(10-8-19)26-16-21(25)23-14-17-5-4-6-18(13-17)15-24-11-2-1-3-12-24/h4-10,13H,1-3,11-12,14-16H2,(H,23,25). The predicted molar refractivity (Wildman–Crippen MR) is 112 cm³/mol. The third kappa shape index (κ3) is 6.29. The van der Waals surface area contributed by atoms with Gasteiger partial charge in [-0.05, 0) is 83.9 Å². The number of carbonyl (C=O) groups excluding carboxylic acids is 1. The molecule has 0 aliphatic carbocycles. The van der Waals surface area contributed by atoms with Crippen LogP contribution in [0.5, 0.6) is 5.75 Å². The van der Waals surface area contributed by atoms with Crippen LogP contribution in [-0.4, -0.2) is 30.5 Å². The van der Waals surface area contributed by atoms with E-state index < -0.39 is 0 Å². The van der Waals surface area contributed by atoms with E-state index in [1.54, 1.807) is 0 Å². The van der Waals surface area contributed by atoms with Gasteiger partial charge in [-0.2, -0.15) is 0 Å². The normalized spacial score (nSPS) is 14.8. The quantitative estimate of drug-likeness (QED) is 0.631. The molecule has 4 nitrogen and oxygen atoms in total. The third-order valence-electron chi connectivity index (χ3n) is 4.52. The van der Waals surface area contributed by atoms with Crippen LogP contribution < -0.4 is 10.1 Å². The minimum atomic E-state index is -0.106. The van der Waals surface area contributed by atoms with Crippen LogP contribution in [0.2, 0.25) is 0 Å². The van der Waals surface area contributed by atoms with Crippen LogP contribution in [0.15, 0.2) is 48.5 Å². The summed E-state index contributed by atoms with van der Waals surface area (Å²) in [6.07, 6.45) is 3.96. The van der Waals surface area contributed by atoms with Crippen molar-refractivity contribution < 1.29 is 9.53 Å². The summed E-state index contributed by atoms with van der Waals surface area (Å²) in [5.74, 6) is 0.606. The average Bonchev–Trinajstić information content (AvgIpc) is 2.67. The van der Waals surface area contributed by atoms with E-state index in [9.17, 15) is 4.79 Å². The number of piperidine rings is 1. The summed E-state index contributed by atoms with van der Waals surface area (Å²) in [5.41, 5.74) is 2.44. The fourth-order valence-electron chi connectivity index (χ4n) is 3.15. The number of rotatable bonds is 7.